The van der Waals surface area contributed by atoms with Gasteiger partial charge < -0.3 is 10.1 Å². The van der Waals surface area contributed by atoms with E-state index in [1.807, 2.05) is 0 Å². The standard InChI is InChI=1S/C15H27NO2/c1-11-3-5-14(9-12(11)2)18-15(17)6-4-13-7-8-16-10-13/h11-14,16H,3-10H2,1-2H3. The molecule has 1 N–H and O–H groups in total. The van der Waals surface area contributed by atoms with Gasteiger partial charge in [-0.05, 0) is 62.9 Å². The van der Waals surface area contributed by atoms with Crippen molar-refractivity contribution in [2.75, 3.05) is 13.1 Å². The van der Waals surface area contributed by atoms with Gasteiger partial charge in [-0.1, -0.05) is 13.8 Å². The van der Waals surface area contributed by atoms with Crippen molar-refractivity contribution in [2.45, 2.75) is 58.5 Å². The first-order chi connectivity index (χ1) is 8.65. The summed E-state index contributed by atoms with van der Waals surface area (Å²) in [6.45, 7) is 6.76. The molecule has 0 bridgehead atoms. The molecule has 3 heteroatoms. The Kier molecular flexibility index (Phi) is 5.04. The second-order valence-electron chi connectivity index (χ2n) is 6.28. The third kappa shape index (κ3) is 3.98. The Morgan fingerprint density at radius 2 is 2.06 bits per heavy atom. The zero-order valence-electron chi connectivity index (χ0n) is 11.8. The van der Waals surface area contributed by atoms with Crippen LogP contribution in [0.2, 0.25) is 0 Å². The molecule has 0 spiro atoms. The lowest BCUT2D eigenvalue weighted by Crippen LogP contribution is -2.28. The van der Waals surface area contributed by atoms with Crippen LogP contribution in [0.15, 0.2) is 0 Å². The predicted octanol–water partition coefficient (Wildman–Crippen LogP) is 2.74. The lowest BCUT2D eigenvalue weighted by molar-refractivity contribution is -0.152. The average Bonchev–Trinajstić information content (AvgIpc) is 2.84. The van der Waals surface area contributed by atoms with Crippen molar-refractivity contribution < 1.29 is 9.53 Å². The van der Waals surface area contributed by atoms with Gasteiger partial charge in [-0.2, -0.15) is 0 Å². The molecule has 1 aliphatic heterocycles. The van der Waals surface area contributed by atoms with E-state index in [2.05, 4.69) is 19.2 Å². The molecule has 0 radical (unpaired) electrons. The zero-order chi connectivity index (χ0) is 13.0. The molecule has 2 rings (SSSR count). The fourth-order valence-electron chi connectivity index (χ4n) is 3.13. The highest BCUT2D eigenvalue weighted by atomic mass is 16.5. The summed E-state index contributed by atoms with van der Waals surface area (Å²) in [4.78, 5) is 11.8. The number of carbonyl (C=O) groups is 1. The molecule has 104 valence electrons. The van der Waals surface area contributed by atoms with Gasteiger partial charge in [0.1, 0.15) is 6.10 Å². The smallest absolute Gasteiger partial charge is 0.306 e. The summed E-state index contributed by atoms with van der Waals surface area (Å²) in [5, 5.41) is 3.34. The van der Waals surface area contributed by atoms with Crippen LogP contribution in [0.4, 0.5) is 0 Å². The Bertz CT molecular complexity index is 274. The summed E-state index contributed by atoms with van der Waals surface area (Å²) in [5.41, 5.74) is 0. The van der Waals surface area contributed by atoms with Crippen LogP contribution in [0.5, 0.6) is 0 Å². The molecule has 1 saturated heterocycles. The van der Waals surface area contributed by atoms with Gasteiger partial charge in [0.15, 0.2) is 0 Å². The van der Waals surface area contributed by atoms with Gasteiger partial charge in [-0.3, -0.25) is 4.79 Å². The van der Waals surface area contributed by atoms with Gasteiger partial charge in [0.05, 0.1) is 0 Å². The molecule has 2 aliphatic rings. The topological polar surface area (TPSA) is 38.3 Å². The number of rotatable bonds is 4. The summed E-state index contributed by atoms with van der Waals surface area (Å²) < 4.78 is 5.61. The van der Waals surface area contributed by atoms with Gasteiger partial charge in [-0.15, -0.1) is 0 Å². The minimum atomic E-state index is 0.0219. The van der Waals surface area contributed by atoms with Crippen molar-refractivity contribution in [3.63, 3.8) is 0 Å². The van der Waals surface area contributed by atoms with Crippen LogP contribution in [0.1, 0.15) is 52.4 Å². The Hall–Kier alpha value is -0.570. The quantitative estimate of drug-likeness (QED) is 0.783. The lowest BCUT2D eigenvalue weighted by Gasteiger charge is -2.31. The predicted molar refractivity (Wildman–Crippen MR) is 72.3 cm³/mol. The monoisotopic (exact) mass is 253 g/mol. The minimum absolute atomic E-state index is 0.0219. The van der Waals surface area contributed by atoms with Crippen LogP contribution in [0, 0.1) is 17.8 Å². The molecule has 1 saturated carbocycles. The molecule has 4 atom stereocenters. The molecule has 0 aromatic heterocycles. The molecule has 3 nitrogen and oxygen atoms in total. The highest BCUT2D eigenvalue weighted by molar-refractivity contribution is 5.69. The van der Waals surface area contributed by atoms with E-state index < -0.39 is 0 Å². The highest BCUT2D eigenvalue weighted by Crippen LogP contribution is 2.31. The van der Waals surface area contributed by atoms with E-state index in [9.17, 15) is 4.79 Å². The molecule has 0 aromatic carbocycles. The summed E-state index contributed by atoms with van der Waals surface area (Å²) in [7, 11) is 0. The zero-order valence-corrected chi connectivity index (χ0v) is 11.8. The largest absolute Gasteiger partial charge is 0.462 e. The Morgan fingerprint density at radius 1 is 1.22 bits per heavy atom. The number of hydrogen-bond donors (Lipinski definition) is 1. The SMILES string of the molecule is CC1CCC(OC(=O)CCC2CCNC2)CC1C. The van der Waals surface area contributed by atoms with Crippen molar-refractivity contribution in [1.29, 1.82) is 0 Å². The first kappa shape index (κ1) is 13.9. The average molecular weight is 253 g/mol. The van der Waals surface area contributed by atoms with Crippen LogP contribution < -0.4 is 5.32 Å². The molecule has 1 aliphatic carbocycles. The Labute approximate surface area is 111 Å². The molecule has 18 heavy (non-hydrogen) atoms. The van der Waals surface area contributed by atoms with Crippen molar-refractivity contribution in [3.8, 4) is 0 Å². The summed E-state index contributed by atoms with van der Waals surface area (Å²) in [6, 6.07) is 0. The first-order valence-electron chi connectivity index (χ1n) is 7.55. The normalized spacial score (nSPS) is 36.6. The van der Waals surface area contributed by atoms with E-state index in [1.165, 1.54) is 12.8 Å². The van der Waals surface area contributed by atoms with Gasteiger partial charge in [0, 0.05) is 6.42 Å². The molecule has 0 amide bonds. The number of nitrogens with one attached hydrogen (secondary N) is 1. The van der Waals surface area contributed by atoms with Crippen molar-refractivity contribution in [1.82, 2.24) is 5.32 Å². The third-order valence-electron chi connectivity index (χ3n) is 4.77. The molecule has 0 aromatic rings. The third-order valence-corrected chi connectivity index (χ3v) is 4.77. The Morgan fingerprint density at radius 3 is 2.72 bits per heavy atom. The second kappa shape index (κ2) is 6.55. The van der Waals surface area contributed by atoms with Crippen LogP contribution in [-0.4, -0.2) is 25.2 Å². The van der Waals surface area contributed by atoms with Crippen molar-refractivity contribution in [2.24, 2.45) is 17.8 Å². The fraction of sp³-hybridized carbons (Fsp3) is 0.933. The van der Waals surface area contributed by atoms with E-state index in [1.54, 1.807) is 0 Å². The maximum absolute atomic E-state index is 11.8. The van der Waals surface area contributed by atoms with Gasteiger partial charge in [0.25, 0.3) is 0 Å². The highest BCUT2D eigenvalue weighted by Gasteiger charge is 2.27. The maximum atomic E-state index is 11.8. The van der Waals surface area contributed by atoms with Crippen molar-refractivity contribution in [3.05, 3.63) is 0 Å². The molecule has 4 unspecified atom stereocenters. The van der Waals surface area contributed by atoms with Gasteiger partial charge in [-0.25, -0.2) is 0 Å². The number of hydrogen-bond acceptors (Lipinski definition) is 3. The molecule has 1 heterocycles. The van der Waals surface area contributed by atoms with Crippen molar-refractivity contribution >= 4 is 5.97 Å². The molecule has 2 fully saturated rings. The lowest BCUT2D eigenvalue weighted by atomic mass is 9.80. The Balaban J connectivity index is 1.64. The van der Waals surface area contributed by atoms with Crippen LogP contribution in [0.3, 0.4) is 0 Å². The van der Waals surface area contributed by atoms with Crippen LogP contribution in [0.25, 0.3) is 0 Å². The number of esters is 1. The second-order valence-corrected chi connectivity index (χ2v) is 6.28. The summed E-state index contributed by atoms with van der Waals surface area (Å²) in [6.07, 6.45) is 6.30. The van der Waals surface area contributed by atoms with E-state index in [0.29, 0.717) is 18.3 Å². The van der Waals surface area contributed by atoms with Gasteiger partial charge in [0.2, 0.25) is 0 Å². The first-order valence-corrected chi connectivity index (χ1v) is 7.55. The summed E-state index contributed by atoms with van der Waals surface area (Å²) in [5.74, 6) is 2.18. The van der Waals surface area contributed by atoms with Crippen LogP contribution >= 0.6 is 0 Å². The van der Waals surface area contributed by atoms with E-state index in [0.717, 1.165) is 38.3 Å². The minimum Gasteiger partial charge on any atom is -0.462 e. The molecular weight excluding hydrogens is 226 g/mol. The molecular formula is C15H27NO2. The van der Waals surface area contributed by atoms with Crippen LogP contribution in [-0.2, 0) is 9.53 Å². The number of ether oxygens (including phenoxy) is 1. The van der Waals surface area contributed by atoms with E-state index in [-0.39, 0.29) is 12.1 Å². The van der Waals surface area contributed by atoms with E-state index >= 15 is 0 Å². The number of carbonyl (C=O) groups excluding carboxylic acids is 1. The fourth-order valence-corrected chi connectivity index (χ4v) is 3.13. The maximum Gasteiger partial charge on any atom is 0.306 e. The van der Waals surface area contributed by atoms with Gasteiger partial charge >= 0.3 is 5.97 Å². The summed E-state index contributed by atoms with van der Waals surface area (Å²) >= 11 is 0. The van der Waals surface area contributed by atoms with E-state index in [4.69, 9.17) is 4.74 Å².